The summed E-state index contributed by atoms with van der Waals surface area (Å²) >= 11 is 0. The quantitative estimate of drug-likeness (QED) is 0.798. The molecule has 2 aromatic rings. The third kappa shape index (κ3) is 2.58. The number of amides is 1. The summed E-state index contributed by atoms with van der Waals surface area (Å²) in [6.45, 7) is 4.21. The van der Waals surface area contributed by atoms with Crippen molar-refractivity contribution in [1.29, 1.82) is 0 Å². The summed E-state index contributed by atoms with van der Waals surface area (Å²) in [6, 6.07) is 8.15. The molecule has 0 unspecified atom stereocenters. The molecule has 4 fully saturated rings. The van der Waals surface area contributed by atoms with Crippen LogP contribution in [-0.2, 0) is 0 Å². The van der Waals surface area contributed by atoms with Gasteiger partial charge in [0.15, 0.2) is 11.6 Å². The van der Waals surface area contributed by atoms with Crippen molar-refractivity contribution in [2.45, 2.75) is 37.8 Å². The SMILES string of the molecule is Cc1cccnc1C(=O)N1C[C@H](c2cccc(F)c2F)[C@H]2[C@@H]1C1CCN2CC1. The number of halogens is 2. The molecule has 0 N–H and O–H groups in total. The second-order valence-corrected chi connectivity index (χ2v) is 8.23. The Balaban J connectivity index is 1.57. The van der Waals surface area contributed by atoms with E-state index in [4.69, 9.17) is 0 Å². The predicted octanol–water partition coefficient (Wildman–Crippen LogP) is 3.37. The molecule has 1 aromatic carbocycles. The number of benzene rings is 1. The number of carbonyl (C=O) groups excluding carboxylic acids is 1. The van der Waals surface area contributed by atoms with Gasteiger partial charge in [-0.25, -0.2) is 8.78 Å². The van der Waals surface area contributed by atoms with Crippen LogP contribution in [0.15, 0.2) is 36.5 Å². The summed E-state index contributed by atoms with van der Waals surface area (Å²) in [4.78, 5) is 22.0. The molecule has 28 heavy (non-hydrogen) atoms. The monoisotopic (exact) mass is 383 g/mol. The van der Waals surface area contributed by atoms with E-state index in [0.29, 0.717) is 23.7 Å². The Labute approximate surface area is 163 Å². The molecule has 1 aromatic heterocycles. The molecule has 2 bridgehead atoms. The standard InChI is InChI=1S/C22H23F2N3O/c1-13-4-3-9-25-19(13)22(28)27-12-16(15-5-2-6-17(23)18(15)24)21-20(27)14-7-10-26(21)11-8-14/h2-6,9,14,16,20-21H,7-8,10-12H2,1H3/t16-,20+,21+/m1/s1. The highest BCUT2D eigenvalue weighted by Crippen LogP contribution is 2.47. The van der Waals surface area contributed by atoms with E-state index in [0.717, 1.165) is 37.6 Å². The van der Waals surface area contributed by atoms with E-state index in [1.807, 2.05) is 24.0 Å². The molecular weight excluding hydrogens is 360 g/mol. The molecule has 4 aliphatic heterocycles. The lowest BCUT2D eigenvalue weighted by Gasteiger charge is -2.51. The van der Waals surface area contributed by atoms with Gasteiger partial charge in [0.25, 0.3) is 5.91 Å². The molecule has 0 saturated carbocycles. The molecule has 6 rings (SSSR count). The number of nitrogens with zero attached hydrogens (tertiary/aromatic N) is 3. The summed E-state index contributed by atoms with van der Waals surface area (Å²) < 4.78 is 28.6. The maximum absolute atomic E-state index is 14.7. The number of carbonyl (C=O) groups is 1. The summed E-state index contributed by atoms with van der Waals surface area (Å²) in [5.74, 6) is -1.52. The van der Waals surface area contributed by atoms with Crippen molar-refractivity contribution in [2.24, 2.45) is 5.92 Å². The van der Waals surface area contributed by atoms with Crippen LogP contribution < -0.4 is 0 Å². The van der Waals surface area contributed by atoms with Crippen molar-refractivity contribution in [3.05, 3.63) is 65.0 Å². The van der Waals surface area contributed by atoms with Crippen LogP contribution in [-0.4, -0.2) is 52.4 Å². The highest BCUT2D eigenvalue weighted by atomic mass is 19.2. The smallest absolute Gasteiger partial charge is 0.273 e. The molecule has 0 spiro atoms. The van der Waals surface area contributed by atoms with E-state index in [1.165, 1.54) is 0 Å². The zero-order valence-electron chi connectivity index (χ0n) is 15.8. The Morgan fingerprint density at radius 3 is 2.64 bits per heavy atom. The normalized spacial score (nSPS) is 31.1. The van der Waals surface area contributed by atoms with Gasteiger partial charge in [-0.1, -0.05) is 18.2 Å². The first-order chi connectivity index (χ1) is 13.6. The number of rotatable bonds is 2. The molecule has 3 atom stereocenters. The highest BCUT2D eigenvalue weighted by Gasteiger charge is 2.55. The van der Waals surface area contributed by atoms with Crippen LogP contribution in [0, 0.1) is 24.5 Å². The zero-order chi connectivity index (χ0) is 19.4. The maximum atomic E-state index is 14.7. The minimum atomic E-state index is -0.824. The lowest BCUT2D eigenvalue weighted by atomic mass is 9.75. The average Bonchev–Trinajstić information content (AvgIpc) is 3.13. The number of hydrogen-bond donors (Lipinski definition) is 0. The third-order valence-electron chi connectivity index (χ3n) is 6.85. The first-order valence-electron chi connectivity index (χ1n) is 9.97. The van der Waals surface area contributed by atoms with Gasteiger partial charge in [-0.2, -0.15) is 0 Å². The Hall–Kier alpha value is -2.34. The third-order valence-corrected chi connectivity index (χ3v) is 6.85. The van der Waals surface area contributed by atoms with Gasteiger partial charge in [0.05, 0.1) is 6.04 Å². The van der Waals surface area contributed by atoms with Gasteiger partial charge < -0.3 is 4.90 Å². The fraction of sp³-hybridized carbons (Fsp3) is 0.455. The van der Waals surface area contributed by atoms with Crippen molar-refractivity contribution in [3.63, 3.8) is 0 Å². The van der Waals surface area contributed by atoms with Crippen molar-refractivity contribution in [1.82, 2.24) is 14.8 Å². The summed E-state index contributed by atoms with van der Waals surface area (Å²) in [5, 5.41) is 0. The van der Waals surface area contributed by atoms with Crippen molar-refractivity contribution < 1.29 is 13.6 Å². The molecule has 4 saturated heterocycles. The van der Waals surface area contributed by atoms with E-state index in [-0.39, 0.29) is 23.9 Å². The zero-order valence-corrected chi connectivity index (χ0v) is 15.8. The fourth-order valence-corrected chi connectivity index (χ4v) is 5.58. The topological polar surface area (TPSA) is 36.4 Å². The van der Waals surface area contributed by atoms with Gasteiger partial charge in [0.1, 0.15) is 5.69 Å². The van der Waals surface area contributed by atoms with Crippen LogP contribution in [0.25, 0.3) is 0 Å². The number of aromatic nitrogens is 1. The van der Waals surface area contributed by atoms with Crippen LogP contribution in [0.3, 0.4) is 0 Å². The minimum Gasteiger partial charge on any atom is -0.332 e. The van der Waals surface area contributed by atoms with Crippen LogP contribution in [0.1, 0.15) is 40.4 Å². The van der Waals surface area contributed by atoms with Gasteiger partial charge in [-0.05, 0) is 62.0 Å². The first-order valence-corrected chi connectivity index (χ1v) is 9.97. The number of aryl methyl sites for hydroxylation is 1. The molecule has 0 radical (unpaired) electrons. The van der Waals surface area contributed by atoms with Crippen molar-refractivity contribution in [2.75, 3.05) is 19.6 Å². The largest absolute Gasteiger partial charge is 0.332 e. The van der Waals surface area contributed by atoms with Crippen molar-refractivity contribution in [3.8, 4) is 0 Å². The predicted molar refractivity (Wildman–Crippen MR) is 101 cm³/mol. The summed E-state index contributed by atoms with van der Waals surface area (Å²) in [5.41, 5.74) is 1.68. The second-order valence-electron chi connectivity index (χ2n) is 8.23. The van der Waals surface area contributed by atoms with Gasteiger partial charge >= 0.3 is 0 Å². The molecule has 0 aliphatic carbocycles. The molecule has 6 heteroatoms. The Morgan fingerprint density at radius 2 is 1.89 bits per heavy atom. The highest BCUT2D eigenvalue weighted by molar-refractivity contribution is 5.94. The van der Waals surface area contributed by atoms with E-state index in [9.17, 15) is 13.6 Å². The van der Waals surface area contributed by atoms with Gasteiger partial charge in [-0.15, -0.1) is 0 Å². The summed E-state index contributed by atoms with van der Waals surface area (Å²) in [7, 11) is 0. The molecule has 4 aliphatic rings. The Kier molecular flexibility index (Phi) is 4.19. The molecule has 5 heterocycles. The molecule has 1 amide bonds. The lowest BCUT2D eigenvalue weighted by Crippen LogP contribution is -2.60. The Bertz CT molecular complexity index is 926. The average molecular weight is 383 g/mol. The number of fused-ring (bicyclic) bond motifs is 2. The number of hydrogen-bond acceptors (Lipinski definition) is 3. The van der Waals surface area contributed by atoms with Gasteiger partial charge in [0.2, 0.25) is 0 Å². The van der Waals surface area contributed by atoms with Gasteiger partial charge in [0, 0.05) is 24.7 Å². The number of likely N-dealkylation sites (tertiary alicyclic amines) is 1. The van der Waals surface area contributed by atoms with Crippen LogP contribution in [0.4, 0.5) is 8.78 Å². The van der Waals surface area contributed by atoms with E-state index in [1.54, 1.807) is 18.3 Å². The van der Waals surface area contributed by atoms with Crippen LogP contribution in [0.5, 0.6) is 0 Å². The van der Waals surface area contributed by atoms with E-state index >= 15 is 0 Å². The summed E-state index contributed by atoms with van der Waals surface area (Å²) in [6.07, 6.45) is 3.73. The van der Waals surface area contributed by atoms with Crippen LogP contribution >= 0.6 is 0 Å². The molecule has 4 nitrogen and oxygen atoms in total. The van der Waals surface area contributed by atoms with E-state index < -0.39 is 11.6 Å². The van der Waals surface area contributed by atoms with Crippen LogP contribution in [0.2, 0.25) is 0 Å². The Morgan fingerprint density at radius 1 is 1.11 bits per heavy atom. The van der Waals surface area contributed by atoms with E-state index in [2.05, 4.69) is 9.88 Å². The first kappa shape index (κ1) is 17.7. The van der Waals surface area contributed by atoms with Crippen molar-refractivity contribution >= 4 is 5.91 Å². The minimum absolute atomic E-state index is 0.0315. The number of piperidine rings is 3. The molecular formula is C22H23F2N3O. The maximum Gasteiger partial charge on any atom is 0.273 e. The second kappa shape index (κ2) is 6.62. The fourth-order valence-electron chi connectivity index (χ4n) is 5.58. The van der Waals surface area contributed by atoms with Gasteiger partial charge in [-0.3, -0.25) is 14.7 Å². The number of pyridine rings is 1. The molecule has 146 valence electrons. The lowest BCUT2D eigenvalue weighted by molar-refractivity contribution is -0.00379.